The number of benzene rings is 1. The Balaban J connectivity index is 1.72. The zero-order valence-corrected chi connectivity index (χ0v) is 13.4. The number of rotatable bonds is 11. The van der Waals surface area contributed by atoms with E-state index in [0.29, 0.717) is 6.04 Å². The van der Waals surface area contributed by atoms with Crippen molar-refractivity contribution in [2.45, 2.75) is 45.1 Å². The predicted octanol–water partition coefficient (Wildman–Crippen LogP) is 3.94. The molecule has 0 aliphatic heterocycles. The van der Waals surface area contributed by atoms with E-state index in [2.05, 4.69) is 36.5 Å². The van der Waals surface area contributed by atoms with Gasteiger partial charge in [0.2, 0.25) is 0 Å². The number of unbranched alkanes of at least 4 members (excludes halogenated alkanes) is 1. The number of hydrogen-bond acceptors (Lipinski definition) is 3. The summed E-state index contributed by atoms with van der Waals surface area (Å²) in [4.78, 5) is 0. The first-order chi connectivity index (χ1) is 10.3. The van der Waals surface area contributed by atoms with Crippen LogP contribution in [-0.2, 0) is 4.74 Å². The van der Waals surface area contributed by atoms with Crippen molar-refractivity contribution in [3.8, 4) is 5.75 Å². The van der Waals surface area contributed by atoms with E-state index in [4.69, 9.17) is 9.47 Å². The molecule has 3 heteroatoms. The minimum atomic E-state index is 0.492. The molecular formula is C18H29NO2. The van der Waals surface area contributed by atoms with Crippen LogP contribution in [-0.4, -0.2) is 26.9 Å². The molecule has 2 rings (SSSR count). The first kappa shape index (κ1) is 16.3. The highest BCUT2D eigenvalue weighted by atomic mass is 16.5. The Hall–Kier alpha value is -1.06. The summed E-state index contributed by atoms with van der Waals surface area (Å²) < 4.78 is 10.8. The van der Waals surface area contributed by atoms with Gasteiger partial charge in [-0.1, -0.05) is 25.5 Å². The van der Waals surface area contributed by atoms with E-state index in [1.807, 2.05) is 0 Å². The quantitative estimate of drug-likeness (QED) is 0.626. The fourth-order valence-corrected chi connectivity index (χ4v) is 2.58. The van der Waals surface area contributed by atoms with E-state index in [1.54, 1.807) is 7.11 Å². The van der Waals surface area contributed by atoms with Crippen molar-refractivity contribution in [3.05, 3.63) is 29.8 Å². The van der Waals surface area contributed by atoms with Crippen molar-refractivity contribution < 1.29 is 9.47 Å². The monoisotopic (exact) mass is 291 g/mol. The smallest absolute Gasteiger partial charge is 0.118 e. The topological polar surface area (TPSA) is 30.5 Å². The van der Waals surface area contributed by atoms with Crippen LogP contribution in [0.15, 0.2) is 24.3 Å². The maximum Gasteiger partial charge on any atom is 0.118 e. The van der Waals surface area contributed by atoms with Crippen molar-refractivity contribution in [1.29, 1.82) is 0 Å². The lowest BCUT2D eigenvalue weighted by Crippen LogP contribution is -2.25. The summed E-state index contributed by atoms with van der Waals surface area (Å²) in [5.41, 5.74) is 1.38. The minimum absolute atomic E-state index is 0.492. The highest BCUT2D eigenvalue weighted by molar-refractivity contribution is 5.30. The molecule has 1 atom stereocenters. The molecule has 0 bridgehead atoms. The molecule has 1 fully saturated rings. The van der Waals surface area contributed by atoms with Crippen molar-refractivity contribution in [3.63, 3.8) is 0 Å². The standard InChI is InChI=1S/C18H29NO2/c1-3-4-13-21-14-5-12-19-18(15-6-7-15)16-8-10-17(20-2)11-9-16/h8-11,15,18-19H,3-7,12-14H2,1-2H3. The van der Waals surface area contributed by atoms with Crippen LogP contribution in [0.4, 0.5) is 0 Å². The summed E-state index contributed by atoms with van der Waals surface area (Å²) in [6.45, 7) is 4.99. The Kier molecular flexibility index (Phi) is 7.04. The van der Waals surface area contributed by atoms with Gasteiger partial charge >= 0.3 is 0 Å². The van der Waals surface area contributed by atoms with E-state index < -0.39 is 0 Å². The lowest BCUT2D eigenvalue weighted by Gasteiger charge is -2.19. The molecule has 1 aliphatic rings. The van der Waals surface area contributed by atoms with Gasteiger partial charge < -0.3 is 14.8 Å². The van der Waals surface area contributed by atoms with Gasteiger partial charge in [-0.05, 0) is 55.8 Å². The second kappa shape index (κ2) is 9.06. The second-order valence-electron chi connectivity index (χ2n) is 5.86. The lowest BCUT2D eigenvalue weighted by molar-refractivity contribution is 0.128. The minimum Gasteiger partial charge on any atom is -0.497 e. The van der Waals surface area contributed by atoms with Crippen molar-refractivity contribution in [2.75, 3.05) is 26.9 Å². The normalized spacial score (nSPS) is 15.9. The highest BCUT2D eigenvalue weighted by Gasteiger charge is 2.31. The Labute approximate surface area is 129 Å². The maximum absolute atomic E-state index is 5.61. The zero-order chi connectivity index (χ0) is 14.9. The van der Waals surface area contributed by atoms with Crippen molar-refractivity contribution in [1.82, 2.24) is 5.32 Å². The lowest BCUT2D eigenvalue weighted by atomic mass is 10.0. The van der Waals surface area contributed by atoms with E-state index in [1.165, 1.54) is 31.2 Å². The average Bonchev–Trinajstić information content (AvgIpc) is 3.35. The molecule has 1 saturated carbocycles. The second-order valence-corrected chi connectivity index (χ2v) is 5.86. The zero-order valence-electron chi connectivity index (χ0n) is 13.4. The first-order valence-corrected chi connectivity index (χ1v) is 8.30. The summed E-state index contributed by atoms with van der Waals surface area (Å²) >= 11 is 0. The van der Waals surface area contributed by atoms with Crippen LogP contribution in [0.2, 0.25) is 0 Å². The summed E-state index contributed by atoms with van der Waals surface area (Å²) in [6, 6.07) is 8.98. The Morgan fingerprint density at radius 1 is 1.14 bits per heavy atom. The Morgan fingerprint density at radius 2 is 1.86 bits per heavy atom. The van der Waals surface area contributed by atoms with Gasteiger partial charge in [0.15, 0.2) is 0 Å². The van der Waals surface area contributed by atoms with Crippen molar-refractivity contribution in [2.24, 2.45) is 5.92 Å². The van der Waals surface area contributed by atoms with Gasteiger partial charge in [-0.15, -0.1) is 0 Å². The van der Waals surface area contributed by atoms with Crippen LogP contribution in [0.5, 0.6) is 5.75 Å². The summed E-state index contributed by atoms with van der Waals surface area (Å²) in [6.07, 6.45) is 6.15. The van der Waals surface area contributed by atoms with Gasteiger partial charge in [0.1, 0.15) is 5.75 Å². The van der Waals surface area contributed by atoms with Crippen molar-refractivity contribution >= 4 is 0 Å². The van der Waals surface area contributed by atoms with E-state index >= 15 is 0 Å². The molecule has 1 aliphatic carbocycles. The Bertz CT molecular complexity index is 387. The highest BCUT2D eigenvalue weighted by Crippen LogP contribution is 2.41. The van der Waals surface area contributed by atoms with Crippen LogP contribution < -0.4 is 10.1 Å². The molecule has 0 aromatic heterocycles. The van der Waals surface area contributed by atoms with Gasteiger partial charge in [-0.2, -0.15) is 0 Å². The molecule has 1 N–H and O–H groups in total. The molecule has 0 amide bonds. The molecular weight excluding hydrogens is 262 g/mol. The van der Waals surface area contributed by atoms with Gasteiger partial charge in [0.25, 0.3) is 0 Å². The third kappa shape index (κ3) is 5.68. The summed E-state index contributed by atoms with van der Waals surface area (Å²) in [7, 11) is 1.71. The van der Waals surface area contributed by atoms with Gasteiger partial charge in [0, 0.05) is 19.3 Å². The summed E-state index contributed by atoms with van der Waals surface area (Å²) in [5.74, 6) is 1.73. The molecule has 1 unspecified atom stereocenters. The van der Waals surface area contributed by atoms with Gasteiger partial charge in [-0.25, -0.2) is 0 Å². The van der Waals surface area contributed by atoms with Crippen LogP contribution in [0.3, 0.4) is 0 Å². The van der Waals surface area contributed by atoms with E-state index in [0.717, 1.165) is 37.8 Å². The third-order valence-electron chi connectivity index (χ3n) is 4.04. The number of nitrogens with one attached hydrogen (secondary N) is 1. The number of ether oxygens (including phenoxy) is 2. The third-order valence-corrected chi connectivity index (χ3v) is 4.04. The molecule has 0 saturated heterocycles. The molecule has 1 aromatic carbocycles. The first-order valence-electron chi connectivity index (χ1n) is 8.30. The molecule has 21 heavy (non-hydrogen) atoms. The molecule has 118 valence electrons. The summed E-state index contributed by atoms with van der Waals surface area (Å²) in [5, 5.41) is 3.71. The molecule has 0 radical (unpaired) electrons. The van der Waals surface area contributed by atoms with Gasteiger partial charge in [0.05, 0.1) is 7.11 Å². The van der Waals surface area contributed by atoms with Gasteiger partial charge in [-0.3, -0.25) is 0 Å². The fourth-order valence-electron chi connectivity index (χ4n) is 2.58. The van der Waals surface area contributed by atoms with Crippen LogP contribution >= 0.6 is 0 Å². The number of methoxy groups -OCH3 is 1. The largest absolute Gasteiger partial charge is 0.497 e. The molecule has 0 heterocycles. The van der Waals surface area contributed by atoms with E-state index in [-0.39, 0.29) is 0 Å². The van der Waals surface area contributed by atoms with E-state index in [9.17, 15) is 0 Å². The molecule has 1 aromatic rings. The van der Waals surface area contributed by atoms with Crippen LogP contribution in [0.1, 0.15) is 50.6 Å². The SMILES string of the molecule is CCCCOCCCNC(c1ccc(OC)cc1)C1CC1. The van der Waals surface area contributed by atoms with Crippen LogP contribution in [0, 0.1) is 5.92 Å². The fraction of sp³-hybridized carbons (Fsp3) is 0.667. The Morgan fingerprint density at radius 3 is 2.48 bits per heavy atom. The molecule has 3 nitrogen and oxygen atoms in total. The maximum atomic E-state index is 5.61. The predicted molar refractivity (Wildman–Crippen MR) is 86.8 cm³/mol. The number of hydrogen-bond donors (Lipinski definition) is 1. The molecule has 0 spiro atoms. The van der Waals surface area contributed by atoms with Crippen LogP contribution in [0.25, 0.3) is 0 Å². The average molecular weight is 291 g/mol.